The van der Waals surface area contributed by atoms with Gasteiger partial charge < -0.3 is 0 Å². The molecule has 0 unspecified atom stereocenters. The van der Waals surface area contributed by atoms with Gasteiger partial charge in [0.05, 0.1) is 0 Å². The predicted molar refractivity (Wildman–Crippen MR) is 58.3 cm³/mol. The lowest BCUT2D eigenvalue weighted by atomic mass is 10.2. The summed E-state index contributed by atoms with van der Waals surface area (Å²) in [6.45, 7) is 0.488. The van der Waals surface area contributed by atoms with Gasteiger partial charge >= 0.3 is 5.69 Å². The first-order valence-corrected chi connectivity index (χ1v) is 5.54. The van der Waals surface area contributed by atoms with Crippen molar-refractivity contribution in [3.8, 4) is 0 Å². The van der Waals surface area contributed by atoms with E-state index in [1.165, 1.54) is 23.5 Å². The van der Waals surface area contributed by atoms with Gasteiger partial charge in [-0.25, -0.2) is 4.79 Å². The Balaban J connectivity index is 2.06. The van der Waals surface area contributed by atoms with Crippen LogP contribution in [-0.4, -0.2) is 9.55 Å². The average molecular weight is 229 g/mol. The molecule has 4 nitrogen and oxygen atoms in total. The summed E-state index contributed by atoms with van der Waals surface area (Å²) in [5.41, 5.74) is -0.733. The zero-order chi connectivity index (χ0) is 10.8. The summed E-state index contributed by atoms with van der Waals surface area (Å²) in [6.07, 6.45) is 4.58. The molecule has 0 aliphatic heterocycles. The molecule has 1 fully saturated rings. The second-order valence-electron chi connectivity index (χ2n) is 4.00. The van der Waals surface area contributed by atoms with E-state index in [1.54, 1.807) is 0 Å². The van der Waals surface area contributed by atoms with E-state index in [4.69, 9.17) is 11.6 Å². The topological polar surface area (TPSA) is 54.9 Å². The molecule has 0 spiro atoms. The number of nitrogens with zero attached hydrogens (tertiary/aromatic N) is 1. The quantitative estimate of drug-likeness (QED) is 0.792. The van der Waals surface area contributed by atoms with Gasteiger partial charge in [0.2, 0.25) is 0 Å². The zero-order valence-electron chi connectivity index (χ0n) is 8.33. The summed E-state index contributed by atoms with van der Waals surface area (Å²) in [5, 5.41) is 0.100. The summed E-state index contributed by atoms with van der Waals surface area (Å²) in [7, 11) is 0. The minimum Gasteiger partial charge on any atom is -0.298 e. The molecule has 1 heterocycles. The van der Waals surface area contributed by atoms with Crippen molar-refractivity contribution in [3.05, 3.63) is 32.1 Å². The fourth-order valence-electron chi connectivity index (χ4n) is 1.65. The van der Waals surface area contributed by atoms with Gasteiger partial charge in [-0.15, -0.1) is 0 Å². The predicted octanol–water partition coefficient (Wildman–Crippen LogP) is 1.38. The Morgan fingerprint density at radius 2 is 2.20 bits per heavy atom. The lowest BCUT2D eigenvalue weighted by Crippen LogP contribution is -2.34. The number of H-pyrrole nitrogens is 1. The van der Waals surface area contributed by atoms with Crippen molar-refractivity contribution in [1.29, 1.82) is 0 Å². The number of aromatic amines is 1. The Labute approximate surface area is 91.9 Å². The maximum absolute atomic E-state index is 11.4. The van der Waals surface area contributed by atoms with E-state index in [1.807, 2.05) is 0 Å². The molecule has 0 aromatic carbocycles. The van der Waals surface area contributed by atoms with Crippen LogP contribution in [0.3, 0.4) is 0 Å². The van der Waals surface area contributed by atoms with Crippen LogP contribution in [0.2, 0.25) is 5.15 Å². The Kier molecular flexibility index (Phi) is 2.95. The van der Waals surface area contributed by atoms with E-state index < -0.39 is 5.69 Å². The van der Waals surface area contributed by atoms with Gasteiger partial charge in [0.15, 0.2) is 0 Å². The minimum absolute atomic E-state index is 0.100. The molecule has 82 valence electrons. The van der Waals surface area contributed by atoms with E-state index in [9.17, 15) is 9.59 Å². The number of aromatic nitrogens is 2. The fraction of sp³-hybridized carbons (Fsp3) is 0.600. The normalized spacial score (nSPS) is 15.5. The lowest BCUT2D eigenvalue weighted by Gasteiger charge is -2.03. The van der Waals surface area contributed by atoms with Gasteiger partial charge in [0, 0.05) is 12.6 Å². The van der Waals surface area contributed by atoms with Gasteiger partial charge in [0.1, 0.15) is 5.15 Å². The van der Waals surface area contributed by atoms with Crippen molar-refractivity contribution in [2.75, 3.05) is 0 Å². The Bertz CT molecular complexity index is 428. The number of nitrogens with one attached hydrogen (secondary N) is 1. The van der Waals surface area contributed by atoms with Crippen molar-refractivity contribution in [3.63, 3.8) is 0 Å². The highest BCUT2D eigenvalue weighted by molar-refractivity contribution is 6.29. The molecule has 0 atom stereocenters. The van der Waals surface area contributed by atoms with Gasteiger partial charge in [-0.1, -0.05) is 24.4 Å². The van der Waals surface area contributed by atoms with E-state index in [0.29, 0.717) is 6.54 Å². The Hall–Kier alpha value is -1.03. The maximum Gasteiger partial charge on any atom is 0.329 e. The first-order chi connectivity index (χ1) is 7.16. The monoisotopic (exact) mass is 228 g/mol. The fourth-order valence-corrected chi connectivity index (χ4v) is 1.82. The van der Waals surface area contributed by atoms with Crippen molar-refractivity contribution in [2.45, 2.75) is 32.2 Å². The van der Waals surface area contributed by atoms with Crippen molar-refractivity contribution >= 4 is 11.6 Å². The van der Waals surface area contributed by atoms with Crippen LogP contribution in [0.5, 0.6) is 0 Å². The molecule has 1 aliphatic carbocycles. The standard InChI is InChI=1S/C10H13ClN2O2/c11-8-6-9(14)13(10(15)12-8)5-1-2-7-3-4-7/h6-7H,1-5H2,(H,12,15). The van der Waals surface area contributed by atoms with Crippen LogP contribution < -0.4 is 11.2 Å². The number of rotatable bonds is 4. The van der Waals surface area contributed by atoms with Crippen LogP contribution in [0.4, 0.5) is 0 Å². The molecule has 0 bridgehead atoms. The summed E-state index contributed by atoms with van der Waals surface area (Å²) in [4.78, 5) is 25.2. The van der Waals surface area contributed by atoms with Gasteiger partial charge in [-0.3, -0.25) is 14.3 Å². The molecule has 1 N–H and O–H groups in total. The highest BCUT2D eigenvalue weighted by Gasteiger charge is 2.20. The maximum atomic E-state index is 11.4. The largest absolute Gasteiger partial charge is 0.329 e. The molecule has 0 amide bonds. The zero-order valence-corrected chi connectivity index (χ0v) is 9.09. The van der Waals surface area contributed by atoms with Crippen molar-refractivity contribution in [1.82, 2.24) is 9.55 Å². The second-order valence-corrected chi connectivity index (χ2v) is 4.41. The van der Waals surface area contributed by atoms with Crippen molar-refractivity contribution in [2.24, 2.45) is 5.92 Å². The molecule has 0 saturated heterocycles. The van der Waals surface area contributed by atoms with Gasteiger partial charge in [-0.2, -0.15) is 0 Å². The molecule has 2 rings (SSSR count). The lowest BCUT2D eigenvalue weighted by molar-refractivity contribution is 0.545. The van der Waals surface area contributed by atoms with E-state index in [2.05, 4.69) is 4.98 Å². The van der Waals surface area contributed by atoms with Crippen LogP contribution in [0.1, 0.15) is 25.7 Å². The summed E-state index contributed by atoms with van der Waals surface area (Å²) in [6, 6.07) is 1.24. The smallest absolute Gasteiger partial charge is 0.298 e. The van der Waals surface area contributed by atoms with Crippen LogP contribution in [0, 0.1) is 5.92 Å². The summed E-state index contributed by atoms with van der Waals surface area (Å²) >= 11 is 5.55. The Morgan fingerprint density at radius 3 is 2.80 bits per heavy atom. The summed E-state index contributed by atoms with van der Waals surface area (Å²) < 4.78 is 1.20. The van der Waals surface area contributed by atoms with Gasteiger partial charge in [-0.05, 0) is 18.8 Å². The molecule has 0 radical (unpaired) electrons. The first kappa shape index (κ1) is 10.5. The first-order valence-electron chi connectivity index (χ1n) is 5.16. The molecule has 15 heavy (non-hydrogen) atoms. The molecule has 1 aliphatic rings. The number of hydrogen-bond donors (Lipinski definition) is 1. The van der Waals surface area contributed by atoms with Crippen LogP contribution in [0.15, 0.2) is 15.7 Å². The third-order valence-electron chi connectivity index (χ3n) is 2.68. The highest BCUT2D eigenvalue weighted by Crippen LogP contribution is 2.33. The van der Waals surface area contributed by atoms with Crippen LogP contribution in [-0.2, 0) is 6.54 Å². The molecular weight excluding hydrogens is 216 g/mol. The van der Waals surface area contributed by atoms with Gasteiger partial charge in [0.25, 0.3) is 5.56 Å². The second kappa shape index (κ2) is 4.23. The van der Waals surface area contributed by atoms with Crippen LogP contribution in [0.25, 0.3) is 0 Å². The molecule has 1 aromatic rings. The van der Waals surface area contributed by atoms with Crippen LogP contribution >= 0.6 is 11.6 Å². The highest BCUT2D eigenvalue weighted by atomic mass is 35.5. The molecule has 1 aromatic heterocycles. The van der Waals surface area contributed by atoms with E-state index in [-0.39, 0.29) is 10.7 Å². The molecule has 1 saturated carbocycles. The number of hydrogen-bond acceptors (Lipinski definition) is 2. The SMILES string of the molecule is O=c1cc(Cl)[nH]c(=O)n1CCCC1CC1. The minimum atomic E-state index is -0.414. The van der Waals surface area contributed by atoms with E-state index in [0.717, 1.165) is 18.8 Å². The average Bonchev–Trinajstić information content (AvgIpc) is 2.93. The molecule has 5 heteroatoms. The third-order valence-corrected chi connectivity index (χ3v) is 2.88. The van der Waals surface area contributed by atoms with E-state index >= 15 is 0 Å². The Morgan fingerprint density at radius 1 is 1.47 bits per heavy atom. The summed E-state index contributed by atoms with van der Waals surface area (Å²) in [5.74, 6) is 0.826. The third kappa shape index (κ3) is 2.72. The number of halogens is 1. The molecular formula is C10H13ClN2O2. The van der Waals surface area contributed by atoms with Crippen molar-refractivity contribution < 1.29 is 0 Å².